The number of para-hydroxylation sites is 1. The number of aromatic nitrogens is 3. The molecule has 0 atom stereocenters. The Hall–Kier alpha value is -1.94. The van der Waals surface area contributed by atoms with Gasteiger partial charge in [-0.1, -0.05) is 31.5 Å². The molecule has 3 nitrogen and oxygen atoms in total. The molecule has 0 aliphatic carbocycles. The van der Waals surface area contributed by atoms with Crippen molar-refractivity contribution in [2.75, 3.05) is 0 Å². The highest BCUT2D eigenvalue weighted by Gasteiger charge is 2.10. The van der Waals surface area contributed by atoms with Crippen molar-refractivity contribution in [2.45, 2.75) is 26.7 Å². The molecule has 0 amide bonds. The van der Waals surface area contributed by atoms with Crippen LogP contribution in [0.4, 0.5) is 0 Å². The van der Waals surface area contributed by atoms with Crippen LogP contribution in [0.2, 0.25) is 0 Å². The van der Waals surface area contributed by atoms with Crippen molar-refractivity contribution in [3.63, 3.8) is 0 Å². The van der Waals surface area contributed by atoms with E-state index in [0.29, 0.717) is 4.77 Å². The number of nitrogens with one attached hydrogen (secondary N) is 1. The monoisotopic (exact) mass is 283 g/mol. The van der Waals surface area contributed by atoms with Gasteiger partial charge in [0.2, 0.25) is 0 Å². The van der Waals surface area contributed by atoms with Crippen LogP contribution in [0.3, 0.4) is 0 Å². The molecule has 0 fully saturated rings. The SMILES string of the molecule is CCCc1ccccc1-n1c(=S)[nH]c2cc(C)cnc21. The van der Waals surface area contributed by atoms with Crippen molar-refractivity contribution in [1.82, 2.24) is 14.5 Å². The van der Waals surface area contributed by atoms with E-state index in [0.717, 1.165) is 35.3 Å². The summed E-state index contributed by atoms with van der Waals surface area (Å²) in [5.74, 6) is 0. The minimum absolute atomic E-state index is 0.696. The molecule has 0 radical (unpaired) electrons. The lowest BCUT2D eigenvalue weighted by molar-refractivity contribution is 0.898. The summed E-state index contributed by atoms with van der Waals surface area (Å²) in [6, 6.07) is 10.5. The Morgan fingerprint density at radius 1 is 1.30 bits per heavy atom. The van der Waals surface area contributed by atoms with E-state index in [9.17, 15) is 0 Å². The van der Waals surface area contributed by atoms with Crippen LogP contribution >= 0.6 is 12.2 Å². The maximum absolute atomic E-state index is 5.49. The molecule has 102 valence electrons. The van der Waals surface area contributed by atoms with Gasteiger partial charge in [-0.05, 0) is 48.8 Å². The van der Waals surface area contributed by atoms with Crippen LogP contribution in [-0.2, 0) is 6.42 Å². The van der Waals surface area contributed by atoms with Crippen LogP contribution in [0.25, 0.3) is 16.9 Å². The number of hydrogen-bond donors (Lipinski definition) is 1. The lowest BCUT2D eigenvalue weighted by Gasteiger charge is -2.10. The van der Waals surface area contributed by atoms with Crippen molar-refractivity contribution in [3.05, 3.63) is 52.4 Å². The zero-order valence-electron chi connectivity index (χ0n) is 11.7. The van der Waals surface area contributed by atoms with Crippen molar-refractivity contribution in [2.24, 2.45) is 0 Å². The van der Waals surface area contributed by atoms with Crippen molar-refractivity contribution < 1.29 is 0 Å². The number of fused-ring (bicyclic) bond motifs is 1. The van der Waals surface area contributed by atoms with E-state index in [1.807, 2.05) is 23.8 Å². The van der Waals surface area contributed by atoms with E-state index >= 15 is 0 Å². The largest absolute Gasteiger partial charge is 0.329 e. The first-order chi connectivity index (χ1) is 9.70. The molecule has 0 unspecified atom stereocenters. The van der Waals surface area contributed by atoms with Gasteiger partial charge in [0.05, 0.1) is 11.2 Å². The Kier molecular flexibility index (Phi) is 3.40. The van der Waals surface area contributed by atoms with Crippen LogP contribution in [0.15, 0.2) is 36.5 Å². The number of rotatable bonds is 3. The average molecular weight is 283 g/mol. The number of pyridine rings is 1. The first kappa shape index (κ1) is 13.1. The summed E-state index contributed by atoms with van der Waals surface area (Å²) in [5.41, 5.74) is 5.43. The Labute approximate surface area is 123 Å². The number of nitrogens with zero attached hydrogens (tertiary/aromatic N) is 2. The zero-order valence-corrected chi connectivity index (χ0v) is 12.5. The smallest absolute Gasteiger partial charge is 0.184 e. The predicted molar refractivity (Wildman–Crippen MR) is 85.0 cm³/mol. The number of H-pyrrole nitrogens is 1. The van der Waals surface area contributed by atoms with Crippen molar-refractivity contribution >= 4 is 23.4 Å². The number of aromatic amines is 1. The second-order valence-corrected chi connectivity index (χ2v) is 5.41. The second kappa shape index (κ2) is 5.21. The molecule has 3 aromatic rings. The van der Waals surface area contributed by atoms with Gasteiger partial charge in [0.1, 0.15) is 0 Å². The summed E-state index contributed by atoms with van der Waals surface area (Å²) in [4.78, 5) is 7.80. The van der Waals surface area contributed by atoms with E-state index in [1.165, 1.54) is 5.56 Å². The first-order valence-electron chi connectivity index (χ1n) is 6.86. The van der Waals surface area contributed by atoms with Crippen LogP contribution in [0, 0.1) is 11.7 Å². The van der Waals surface area contributed by atoms with Crippen LogP contribution < -0.4 is 0 Å². The normalized spacial score (nSPS) is 11.1. The van der Waals surface area contributed by atoms with E-state index in [2.05, 4.69) is 41.2 Å². The summed E-state index contributed by atoms with van der Waals surface area (Å²) in [6.07, 6.45) is 4.03. The van der Waals surface area contributed by atoms with Gasteiger partial charge in [-0.3, -0.25) is 4.57 Å². The zero-order chi connectivity index (χ0) is 14.1. The van der Waals surface area contributed by atoms with Gasteiger partial charge in [0.25, 0.3) is 0 Å². The van der Waals surface area contributed by atoms with Crippen LogP contribution in [0.1, 0.15) is 24.5 Å². The molecule has 0 bridgehead atoms. The van der Waals surface area contributed by atoms with Gasteiger partial charge >= 0.3 is 0 Å². The standard InChI is InChI=1S/C16H17N3S/c1-3-6-12-7-4-5-8-14(12)19-15-13(18-16(19)20)9-11(2)10-17-15/h4-5,7-10H,3,6H2,1-2H3,(H,18,20). The highest BCUT2D eigenvalue weighted by molar-refractivity contribution is 7.71. The number of hydrogen-bond acceptors (Lipinski definition) is 2. The molecule has 1 aromatic carbocycles. The highest BCUT2D eigenvalue weighted by Crippen LogP contribution is 2.22. The van der Waals surface area contributed by atoms with Gasteiger partial charge in [-0.15, -0.1) is 0 Å². The molecule has 3 rings (SSSR count). The Morgan fingerprint density at radius 3 is 2.90 bits per heavy atom. The predicted octanol–water partition coefficient (Wildman–Crippen LogP) is 4.34. The summed E-state index contributed by atoms with van der Waals surface area (Å²) < 4.78 is 2.73. The molecule has 2 heterocycles. The maximum Gasteiger partial charge on any atom is 0.184 e. The third-order valence-electron chi connectivity index (χ3n) is 3.41. The van der Waals surface area contributed by atoms with Crippen LogP contribution in [-0.4, -0.2) is 14.5 Å². The Morgan fingerprint density at radius 2 is 2.10 bits per heavy atom. The van der Waals surface area contributed by atoms with Crippen molar-refractivity contribution in [3.8, 4) is 5.69 Å². The van der Waals surface area contributed by atoms with Gasteiger partial charge in [0.15, 0.2) is 10.4 Å². The Balaban J connectivity index is 2.30. The van der Waals surface area contributed by atoms with Crippen molar-refractivity contribution in [1.29, 1.82) is 0 Å². The third-order valence-corrected chi connectivity index (χ3v) is 3.70. The lowest BCUT2D eigenvalue weighted by atomic mass is 10.1. The highest BCUT2D eigenvalue weighted by atomic mass is 32.1. The number of imidazole rings is 1. The minimum atomic E-state index is 0.696. The summed E-state index contributed by atoms with van der Waals surface area (Å²) in [7, 11) is 0. The molecule has 0 saturated heterocycles. The first-order valence-corrected chi connectivity index (χ1v) is 7.27. The summed E-state index contributed by atoms with van der Waals surface area (Å²) in [6.45, 7) is 4.22. The molecule has 0 aliphatic rings. The molecule has 0 saturated carbocycles. The number of aryl methyl sites for hydroxylation is 2. The molecule has 4 heteroatoms. The fraction of sp³-hybridized carbons (Fsp3) is 0.250. The van der Waals surface area contributed by atoms with Crippen LogP contribution in [0.5, 0.6) is 0 Å². The van der Waals surface area contributed by atoms with Gasteiger partial charge in [-0.25, -0.2) is 4.98 Å². The van der Waals surface area contributed by atoms with Gasteiger partial charge < -0.3 is 4.98 Å². The molecule has 2 aromatic heterocycles. The second-order valence-electron chi connectivity index (χ2n) is 5.03. The molecule has 20 heavy (non-hydrogen) atoms. The molecule has 0 spiro atoms. The third kappa shape index (κ3) is 2.16. The van der Waals surface area contributed by atoms with Gasteiger partial charge in [0, 0.05) is 6.20 Å². The van der Waals surface area contributed by atoms with E-state index < -0.39 is 0 Å². The molecule has 1 N–H and O–H groups in total. The number of benzene rings is 1. The fourth-order valence-corrected chi connectivity index (χ4v) is 2.83. The van der Waals surface area contributed by atoms with Gasteiger partial charge in [-0.2, -0.15) is 0 Å². The van der Waals surface area contributed by atoms with E-state index in [4.69, 9.17) is 12.2 Å². The molecular formula is C16H17N3S. The topological polar surface area (TPSA) is 33.6 Å². The Bertz CT molecular complexity index is 814. The average Bonchev–Trinajstić information content (AvgIpc) is 2.75. The van der Waals surface area contributed by atoms with E-state index in [1.54, 1.807) is 0 Å². The maximum atomic E-state index is 5.49. The van der Waals surface area contributed by atoms with E-state index in [-0.39, 0.29) is 0 Å². The lowest BCUT2D eigenvalue weighted by Crippen LogP contribution is -2.00. The summed E-state index contributed by atoms with van der Waals surface area (Å²) in [5, 5.41) is 0. The minimum Gasteiger partial charge on any atom is -0.329 e. The fourth-order valence-electron chi connectivity index (χ4n) is 2.53. The summed E-state index contributed by atoms with van der Waals surface area (Å²) >= 11 is 5.49. The quantitative estimate of drug-likeness (QED) is 0.725. The molecule has 0 aliphatic heterocycles. The molecular weight excluding hydrogens is 266 g/mol.